The second-order valence-corrected chi connectivity index (χ2v) is 5.82. The van der Waals surface area contributed by atoms with Gasteiger partial charge in [-0.2, -0.15) is 0 Å². The van der Waals surface area contributed by atoms with Crippen LogP contribution in [0.15, 0.2) is 24.3 Å². The smallest absolute Gasteiger partial charge is 0.0994 e. The van der Waals surface area contributed by atoms with E-state index in [1.54, 1.807) is 0 Å². The van der Waals surface area contributed by atoms with Crippen molar-refractivity contribution >= 4 is 10.9 Å². The van der Waals surface area contributed by atoms with Gasteiger partial charge in [-0.05, 0) is 30.4 Å². The lowest BCUT2D eigenvalue weighted by molar-refractivity contribution is 0.0179. The van der Waals surface area contributed by atoms with Gasteiger partial charge in [-0.3, -0.25) is 0 Å². The second-order valence-electron chi connectivity index (χ2n) is 5.82. The first kappa shape index (κ1) is 10.8. The third kappa shape index (κ3) is 1.37. The van der Waals surface area contributed by atoms with Crippen LogP contribution < -0.4 is 0 Å². The topological polar surface area (TPSA) is 25.2 Å². The van der Waals surface area contributed by atoms with Crippen molar-refractivity contribution in [2.75, 3.05) is 0 Å². The lowest BCUT2D eigenvalue weighted by atomic mass is 9.78. The first-order valence-electron chi connectivity index (χ1n) is 6.28. The van der Waals surface area contributed by atoms with Crippen LogP contribution in [0.1, 0.15) is 37.6 Å². The molecule has 1 atom stereocenters. The second kappa shape index (κ2) is 3.36. The average molecular weight is 229 g/mol. The maximum atomic E-state index is 10.6. The van der Waals surface area contributed by atoms with E-state index in [1.165, 1.54) is 16.5 Å². The summed E-state index contributed by atoms with van der Waals surface area (Å²) in [6, 6.07) is 8.44. The molecule has 1 aliphatic heterocycles. The van der Waals surface area contributed by atoms with Crippen molar-refractivity contribution in [2.45, 2.75) is 39.8 Å². The molecule has 2 nitrogen and oxygen atoms in total. The first-order valence-corrected chi connectivity index (χ1v) is 6.28. The number of benzene rings is 1. The molecule has 2 heterocycles. The summed E-state index contributed by atoms with van der Waals surface area (Å²) in [5.41, 5.74) is 3.59. The monoisotopic (exact) mass is 229 g/mol. The van der Waals surface area contributed by atoms with Crippen LogP contribution >= 0.6 is 0 Å². The van der Waals surface area contributed by atoms with E-state index in [0.29, 0.717) is 0 Å². The van der Waals surface area contributed by atoms with Crippen LogP contribution in [0.4, 0.5) is 0 Å². The Morgan fingerprint density at radius 1 is 1.29 bits per heavy atom. The van der Waals surface area contributed by atoms with Crippen LogP contribution in [-0.2, 0) is 6.54 Å². The minimum absolute atomic E-state index is 0.0187. The van der Waals surface area contributed by atoms with E-state index in [4.69, 9.17) is 0 Å². The summed E-state index contributed by atoms with van der Waals surface area (Å²) in [7, 11) is 0. The summed E-state index contributed by atoms with van der Waals surface area (Å²) in [5.74, 6) is 0. The van der Waals surface area contributed by atoms with Crippen molar-refractivity contribution in [3.8, 4) is 0 Å². The molecule has 0 saturated carbocycles. The summed E-state index contributed by atoms with van der Waals surface area (Å²) in [5, 5.41) is 11.8. The van der Waals surface area contributed by atoms with Gasteiger partial charge in [0.05, 0.1) is 11.8 Å². The number of para-hydroxylation sites is 1. The third-order valence-corrected chi connectivity index (χ3v) is 4.25. The Kier molecular flexibility index (Phi) is 2.14. The van der Waals surface area contributed by atoms with Gasteiger partial charge in [0, 0.05) is 17.4 Å². The number of aryl methyl sites for hydroxylation is 2. The fourth-order valence-corrected chi connectivity index (χ4v) is 3.00. The molecule has 1 unspecified atom stereocenters. The Balaban J connectivity index is 2.33. The fraction of sp³-hybridized carbons (Fsp3) is 0.467. The van der Waals surface area contributed by atoms with Crippen LogP contribution in [0.2, 0.25) is 0 Å². The normalized spacial score (nSPS) is 22.7. The Morgan fingerprint density at radius 2 is 2.00 bits per heavy atom. The minimum Gasteiger partial charge on any atom is -0.386 e. The van der Waals surface area contributed by atoms with Gasteiger partial charge < -0.3 is 9.67 Å². The molecule has 0 spiro atoms. The van der Waals surface area contributed by atoms with Crippen LogP contribution in [0.25, 0.3) is 10.9 Å². The van der Waals surface area contributed by atoms with E-state index in [1.807, 2.05) is 0 Å². The molecule has 1 aromatic carbocycles. The first-order chi connectivity index (χ1) is 8.02. The lowest BCUT2D eigenvalue weighted by Crippen LogP contribution is -2.31. The molecule has 0 bridgehead atoms. The Labute approximate surface area is 102 Å². The highest BCUT2D eigenvalue weighted by Crippen LogP contribution is 2.44. The van der Waals surface area contributed by atoms with Gasteiger partial charge in [0.25, 0.3) is 0 Å². The van der Waals surface area contributed by atoms with Gasteiger partial charge in [0.2, 0.25) is 0 Å². The van der Waals surface area contributed by atoms with Gasteiger partial charge in [0.15, 0.2) is 0 Å². The zero-order chi connectivity index (χ0) is 12.2. The van der Waals surface area contributed by atoms with Gasteiger partial charge in [-0.1, -0.05) is 32.0 Å². The number of aromatic nitrogens is 1. The summed E-state index contributed by atoms with van der Waals surface area (Å²) < 4.78 is 2.29. The Hall–Kier alpha value is -1.28. The van der Waals surface area contributed by atoms with Gasteiger partial charge >= 0.3 is 0 Å². The Bertz CT molecular complexity index is 580. The number of aliphatic hydroxyl groups excluding tert-OH is 1. The van der Waals surface area contributed by atoms with E-state index in [-0.39, 0.29) is 11.5 Å². The quantitative estimate of drug-likeness (QED) is 0.735. The summed E-state index contributed by atoms with van der Waals surface area (Å²) in [6.07, 6.45) is 0.669. The number of fused-ring (bicyclic) bond motifs is 3. The maximum absolute atomic E-state index is 10.6. The summed E-state index contributed by atoms with van der Waals surface area (Å²) in [6.45, 7) is 7.43. The molecule has 0 radical (unpaired) electrons. The number of hydrogen-bond acceptors (Lipinski definition) is 1. The molecule has 0 aliphatic carbocycles. The lowest BCUT2D eigenvalue weighted by Gasteiger charge is -2.37. The van der Waals surface area contributed by atoms with Crippen molar-refractivity contribution in [1.29, 1.82) is 0 Å². The summed E-state index contributed by atoms with van der Waals surface area (Å²) in [4.78, 5) is 0. The van der Waals surface area contributed by atoms with E-state index in [2.05, 4.69) is 49.6 Å². The number of hydrogen-bond donors (Lipinski definition) is 1. The zero-order valence-electron chi connectivity index (χ0n) is 10.7. The molecular weight excluding hydrogens is 210 g/mol. The fourth-order valence-electron chi connectivity index (χ4n) is 3.00. The van der Waals surface area contributed by atoms with Crippen molar-refractivity contribution < 1.29 is 5.11 Å². The number of rotatable bonds is 0. The van der Waals surface area contributed by atoms with Crippen LogP contribution in [0.5, 0.6) is 0 Å². The molecule has 2 aromatic rings. The van der Waals surface area contributed by atoms with Gasteiger partial charge in [-0.25, -0.2) is 0 Å². The largest absolute Gasteiger partial charge is 0.386 e. The summed E-state index contributed by atoms with van der Waals surface area (Å²) >= 11 is 0. The standard InChI is InChI=1S/C15H19NO/c1-10-11-6-4-5-7-12(11)16-9-8-15(2,3)14(17)13(10)16/h4-7,14,17H,8-9H2,1-3H3. The van der Waals surface area contributed by atoms with Crippen molar-refractivity contribution in [3.63, 3.8) is 0 Å². The molecular formula is C15H19NO. The van der Waals surface area contributed by atoms with E-state index < -0.39 is 0 Å². The van der Waals surface area contributed by atoms with Crippen LogP contribution in [0, 0.1) is 12.3 Å². The Morgan fingerprint density at radius 3 is 2.76 bits per heavy atom. The van der Waals surface area contributed by atoms with E-state index in [0.717, 1.165) is 18.7 Å². The molecule has 3 rings (SSSR count). The molecule has 17 heavy (non-hydrogen) atoms. The number of nitrogens with zero attached hydrogens (tertiary/aromatic N) is 1. The predicted molar refractivity (Wildman–Crippen MR) is 70.0 cm³/mol. The highest BCUT2D eigenvalue weighted by atomic mass is 16.3. The molecule has 1 aromatic heterocycles. The maximum Gasteiger partial charge on any atom is 0.0994 e. The highest BCUT2D eigenvalue weighted by Gasteiger charge is 2.37. The molecule has 0 fully saturated rings. The van der Waals surface area contributed by atoms with Gasteiger partial charge in [-0.15, -0.1) is 0 Å². The van der Waals surface area contributed by atoms with Crippen LogP contribution in [0.3, 0.4) is 0 Å². The van der Waals surface area contributed by atoms with Crippen molar-refractivity contribution in [3.05, 3.63) is 35.5 Å². The van der Waals surface area contributed by atoms with E-state index >= 15 is 0 Å². The molecule has 90 valence electrons. The van der Waals surface area contributed by atoms with Crippen molar-refractivity contribution in [1.82, 2.24) is 4.57 Å². The van der Waals surface area contributed by atoms with Crippen LogP contribution in [-0.4, -0.2) is 9.67 Å². The highest BCUT2D eigenvalue weighted by molar-refractivity contribution is 5.85. The molecule has 0 saturated heterocycles. The third-order valence-electron chi connectivity index (χ3n) is 4.25. The van der Waals surface area contributed by atoms with E-state index in [9.17, 15) is 5.11 Å². The SMILES string of the molecule is Cc1c2n(c3ccccc13)CCC(C)(C)C2O. The molecule has 1 aliphatic rings. The predicted octanol–water partition coefficient (Wildman–Crippen LogP) is 3.41. The molecule has 1 N–H and O–H groups in total. The average Bonchev–Trinajstić information content (AvgIpc) is 2.59. The van der Waals surface area contributed by atoms with Crippen molar-refractivity contribution in [2.24, 2.45) is 5.41 Å². The minimum atomic E-state index is -0.358. The van der Waals surface area contributed by atoms with Gasteiger partial charge in [0.1, 0.15) is 0 Å². The number of aliphatic hydroxyl groups is 1. The molecule has 0 amide bonds. The zero-order valence-corrected chi connectivity index (χ0v) is 10.7. The molecule has 2 heteroatoms.